The highest BCUT2D eigenvalue weighted by atomic mass is 32.1. The molecule has 0 radical (unpaired) electrons. The van der Waals surface area contributed by atoms with Crippen molar-refractivity contribution in [2.75, 3.05) is 46.0 Å². The number of H-pyrrole nitrogens is 1. The number of aliphatic hydroxyl groups is 1. The van der Waals surface area contributed by atoms with Gasteiger partial charge in [0, 0.05) is 79.5 Å². The number of β-amino-alcohol motifs (C(OH)–C–C–N with tert-alkyl or cyclic N) is 1. The predicted molar refractivity (Wildman–Crippen MR) is 266 cm³/mol. The third kappa shape index (κ3) is 12.9. The SMILES string of the molecule is Cc1ncsc1-c1ccc(CNC(=O)[C@@H]2C[C@@H](O)CN2C(=O)[C@@H](NC(=O)COCCCCCNCCOc2cc(F)c([C@@H]3c4[nH]c5ccccc5c4C[C@@H](C)N3CC(C)(C)F)c(F)c2)C(C)(C)C)cc1. The number of carbonyl (C=O) groups excluding carboxylic acids is 3. The zero-order chi connectivity index (χ0) is 50.3. The number of aromatic amines is 1. The van der Waals surface area contributed by atoms with Gasteiger partial charge in [-0.25, -0.2) is 18.2 Å². The number of hydrogen-bond acceptors (Lipinski definition) is 10. The normalized spacial score (nSPS) is 19.0. The van der Waals surface area contributed by atoms with E-state index in [4.69, 9.17) is 9.47 Å². The van der Waals surface area contributed by atoms with Crippen molar-refractivity contribution in [2.45, 2.75) is 123 Å². The molecule has 0 aliphatic carbocycles. The zero-order valence-corrected chi connectivity index (χ0v) is 42.1. The van der Waals surface area contributed by atoms with E-state index in [0.29, 0.717) is 38.2 Å². The molecule has 1 saturated heterocycles. The Balaban J connectivity index is 0.808. The Kier molecular flexibility index (Phi) is 17.1. The number of thiazole rings is 1. The van der Waals surface area contributed by atoms with Crippen LogP contribution in [0.15, 0.2) is 66.2 Å². The Morgan fingerprint density at radius 2 is 1.71 bits per heavy atom. The van der Waals surface area contributed by atoms with Gasteiger partial charge in [0.25, 0.3) is 0 Å². The summed E-state index contributed by atoms with van der Waals surface area (Å²) >= 11 is 1.57. The lowest BCUT2D eigenvalue weighted by Crippen LogP contribution is -2.58. The standard InChI is InChI=1S/C53H68F3N7O6S/c1-32-23-39-38-13-9-10-14-42(38)60-46(39)47(63(32)30-53(6,7)56)45-40(54)25-37(26-41(45)55)69-22-20-57-19-11-8-12-21-68-29-44(65)61-49(52(3,4)5)51(67)62-28-36(64)24-43(62)50(66)58-27-34-15-17-35(18-16-34)48-33(2)59-31-70-48/h9-10,13-18,25-26,31-32,36,43,47,49,57,60,64H,8,11-12,19-24,27-30H2,1-7H3,(H,58,66)(H,61,65)/t32-,36-,43+,47-,49-/m1/s1. The van der Waals surface area contributed by atoms with Crippen LogP contribution in [0.25, 0.3) is 21.3 Å². The minimum atomic E-state index is -1.60. The van der Waals surface area contributed by atoms with Crippen molar-refractivity contribution >= 4 is 40.0 Å². The summed E-state index contributed by atoms with van der Waals surface area (Å²) < 4.78 is 58.6. The number of likely N-dealkylation sites (tertiary alicyclic amines) is 1. The van der Waals surface area contributed by atoms with E-state index in [1.54, 1.807) is 16.8 Å². The maximum absolute atomic E-state index is 16.0. The van der Waals surface area contributed by atoms with E-state index >= 15 is 13.2 Å². The highest BCUT2D eigenvalue weighted by Gasteiger charge is 2.45. The van der Waals surface area contributed by atoms with E-state index in [2.05, 4.69) is 25.9 Å². The van der Waals surface area contributed by atoms with Crippen LogP contribution in [0.4, 0.5) is 13.2 Å². The molecule has 13 nitrogen and oxygen atoms in total. The molecule has 7 rings (SSSR count). The highest BCUT2D eigenvalue weighted by molar-refractivity contribution is 7.13. The molecule has 2 aromatic heterocycles. The van der Waals surface area contributed by atoms with Gasteiger partial charge in [0.1, 0.15) is 48.4 Å². The van der Waals surface area contributed by atoms with Gasteiger partial charge in [0.05, 0.1) is 28.2 Å². The molecule has 5 atom stereocenters. The fourth-order valence-electron chi connectivity index (χ4n) is 9.55. The zero-order valence-electron chi connectivity index (χ0n) is 41.3. The van der Waals surface area contributed by atoms with Crippen LogP contribution < -0.4 is 20.7 Å². The fraction of sp³-hybridized carbons (Fsp3) is 0.509. The molecule has 2 aliphatic heterocycles. The molecule has 0 bridgehead atoms. The molecule has 5 N–H and O–H groups in total. The van der Waals surface area contributed by atoms with Crippen LogP contribution in [0.5, 0.6) is 5.75 Å². The van der Waals surface area contributed by atoms with E-state index in [9.17, 15) is 19.5 Å². The second-order valence-electron chi connectivity index (χ2n) is 20.4. The summed E-state index contributed by atoms with van der Waals surface area (Å²) in [4.78, 5) is 52.5. The van der Waals surface area contributed by atoms with Crippen LogP contribution in [-0.2, 0) is 32.1 Å². The number of nitrogens with one attached hydrogen (secondary N) is 4. The lowest BCUT2D eigenvalue weighted by Gasteiger charge is -2.43. The molecule has 3 amide bonds. The number of para-hydroxylation sites is 1. The average Bonchev–Trinajstić information content (AvgIpc) is 4.02. The van der Waals surface area contributed by atoms with E-state index in [-0.39, 0.29) is 62.5 Å². The number of amides is 3. The Labute approximate surface area is 412 Å². The molecule has 1 fully saturated rings. The number of halogens is 3. The van der Waals surface area contributed by atoms with E-state index < -0.39 is 58.8 Å². The van der Waals surface area contributed by atoms with Gasteiger partial charge in [-0.05, 0) is 88.1 Å². The summed E-state index contributed by atoms with van der Waals surface area (Å²) in [5.41, 5.74) is 4.77. The molecule has 2 aliphatic rings. The summed E-state index contributed by atoms with van der Waals surface area (Å²) in [5, 5.41) is 20.6. The lowest BCUT2D eigenvalue weighted by atomic mass is 9.85. The summed E-state index contributed by atoms with van der Waals surface area (Å²) in [5.74, 6) is -2.74. The molecule has 3 aromatic carbocycles. The number of hydrogen-bond donors (Lipinski definition) is 5. The number of fused-ring (bicyclic) bond motifs is 3. The molecule has 70 heavy (non-hydrogen) atoms. The van der Waals surface area contributed by atoms with E-state index in [1.165, 1.54) is 30.9 Å². The topological polar surface area (TPSA) is 161 Å². The van der Waals surface area contributed by atoms with Crippen molar-refractivity contribution in [3.63, 3.8) is 0 Å². The monoisotopic (exact) mass is 987 g/mol. The Bertz CT molecular complexity index is 2570. The van der Waals surface area contributed by atoms with Gasteiger partial charge in [-0.3, -0.25) is 19.3 Å². The van der Waals surface area contributed by atoms with Crippen LogP contribution in [0.3, 0.4) is 0 Å². The molecule has 378 valence electrons. The number of ether oxygens (including phenoxy) is 2. The number of alkyl halides is 1. The minimum Gasteiger partial charge on any atom is -0.492 e. The molecule has 5 aromatic rings. The molecule has 0 saturated carbocycles. The molecule has 4 heterocycles. The van der Waals surface area contributed by atoms with Crippen LogP contribution in [-0.4, -0.2) is 118 Å². The Morgan fingerprint density at radius 3 is 2.40 bits per heavy atom. The molecule has 17 heteroatoms. The van der Waals surface area contributed by atoms with Crippen molar-refractivity contribution in [1.82, 2.24) is 35.7 Å². The number of aliphatic hydroxyl groups excluding tert-OH is 1. The van der Waals surface area contributed by atoms with Crippen molar-refractivity contribution in [3.8, 4) is 16.2 Å². The summed E-state index contributed by atoms with van der Waals surface area (Å²) in [6.45, 7) is 14.0. The first-order chi connectivity index (χ1) is 33.3. The van der Waals surface area contributed by atoms with Crippen LogP contribution >= 0.6 is 11.3 Å². The van der Waals surface area contributed by atoms with Crippen molar-refractivity contribution in [3.05, 3.63) is 106 Å². The summed E-state index contributed by atoms with van der Waals surface area (Å²) in [7, 11) is 0. The number of aryl methyl sites for hydroxylation is 1. The third-order valence-electron chi connectivity index (χ3n) is 13.0. The fourth-order valence-corrected chi connectivity index (χ4v) is 10.4. The second kappa shape index (κ2) is 22.8. The summed E-state index contributed by atoms with van der Waals surface area (Å²) in [6.07, 6.45) is 2.14. The van der Waals surface area contributed by atoms with Crippen LogP contribution in [0, 0.1) is 24.0 Å². The smallest absolute Gasteiger partial charge is 0.246 e. The Hall–Kier alpha value is -5.33. The van der Waals surface area contributed by atoms with Crippen molar-refractivity contribution in [2.24, 2.45) is 5.41 Å². The van der Waals surface area contributed by atoms with E-state index in [1.807, 2.05) is 88.0 Å². The van der Waals surface area contributed by atoms with Crippen molar-refractivity contribution in [1.29, 1.82) is 0 Å². The quantitative estimate of drug-likeness (QED) is 0.0461. The first kappa shape index (κ1) is 52.5. The maximum atomic E-state index is 16.0. The number of benzene rings is 3. The number of carbonyl (C=O) groups is 3. The Morgan fingerprint density at radius 1 is 0.986 bits per heavy atom. The van der Waals surface area contributed by atoms with Gasteiger partial charge >= 0.3 is 0 Å². The largest absolute Gasteiger partial charge is 0.492 e. The van der Waals surface area contributed by atoms with Gasteiger partial charge in [-0.1, -0.05) is 63.2 Å². The minimum absolute atomic E-state index is 0.00669. The van der Waals surface area contributed by atoms with Gasteiger partial charge in [-0.15, -0.1) is 11.3 Å². The van der Waals surface area contributed by atoms with Gasteiger partial charge in [0.15, 0.2) is 0 Å². The van der Waals surface area contributed by atoms with Gasteiger partial charge < -0.3 is 40.4 Å². The molecule has 0 spiro atoms. The average molecular weight is 988 g/mol. The third-order valence-corrected chi connectivity index (χ3v) is 14.0. The molecule has 0 unspecified atom stereocenters. The predicted octanol–water partition coefficient (Wildman–Crippen LogP) is 7.93. The van der Waals surface area contributed by atoms with Crippen LogP contribution in [0.2, 0.25) is 0 Å². The molecular formula is C53H68F3N7O6S. The van der Waals surface area contributed by atoms with Gasteiger partial charge in [-0.2, -0.15) is 0 Å². The number of aromatic nitrogens is 2. The van der Waals surface area contributed by atoms with E-state index in [0.717, 1.165) is 51.0 Å². The number of nitrogens with zero attached hydrogens (tertiary/aromatic N) is 3. The highest BCUT2D eigenvalue weighted by Crippen LogP contribution is 2.44. The second-order valence-corrected chi connectivity index (χ2v) is 21.2. The van der Waals surface area contributed by atoms with Gasteiger partial charge in [0.2, 0.25) is 17.7 Å². The number of unbranched alkanes of at least 4 members (excludes halogenated alkanes) is 2. The lowest BCUT2D eigenvalue weighted by molar-refractivity contribution is -0.144. The molecular weight excluding hydrogens is 920 g/mol. The van der Waals surface area contributed by atoms with Crippen molar-refractivity contribution < 1.29 is 42.1 Å². The number of rotatable bonds is 21. The summed E-state index contributed by atoms with van der Waals surface area (Å²) in [6, 6.07) is 15.1. The van der Waals surface area contributed by atoms with Crippen LogP contribution in [0.1, 0.15) is 101 Å². The maximum Gasteiger partial charge on any atom is 0.246 e. The first-order valence-corrected chi connectivity index (χ1v) is 25.2. The first-order valence-electron chi connectivity index (χ1n) is 24.3.